The summed E-state index contributed by atoms with van der Waals surface area (Å²) in [5.41, 5.74) is 3.37. The zero-order valence-corrected chi connectivity index (χ0v) is 20.4. The number of carbonyl (C=O) groups excluding carboxylic acids is 1. The lowest BCUT2D eigenvalue weighted by molar-refractivity contribution is -0.122. The molecule has 4 aromatic rings. The summed E-state index contributed by atoms with van der Waals surface area (Å²) in [6.07, 6.45) is 1.52. The molecular formula is C29H25N3O3S. The average molecular weight is 496 g/mol. The van der Waals surface area contributed by atoms with Crippen LogP contribution in [-0.2, 0) is 21.7 Å². The number of nitriles is 1. The van der Waals surface area contributed by atoms with E-state index in [1.165, 1.54) is 10.8 Å². The number of amides is 1. The van der Waals surface area contributed by atoms with Crippen LogP contribution in [0.5, 0.6) is 0 Å². The topological polar surface area (TPSA) is 99.4 Å². The van der Waals surface area contributed by atoms with Crippen molar-refractivity contribution in [1.29, 1.82) is 5.26 Å². The van der Waals surface area contributed by atoms with Gasteiger partial charge in [-0.25, -0.2) is 0 Å². The van der Waals surface area contributed by atoms with Crippen molar-refractivity contribution >= 4 is 27.2 Å². The lowest BCUT2D eigenvalue weighted by Crippen LogP contribution is -2.28. The summed E-state index contributed by atoms with van der Waals surface area (Å²) in [6.45, 7) is 0. The standard InChI is InChI=1S/C19H17N3O3S.C10H8/c20-12-13-6-8-16-15(10-13)7-9-17(16)21-19(23)11-18(22-26(24)25)14-4-2-1-3-5-14;1-2-6-10-8-4-3-7-9(10)5-1/h1-6,8,10,17-18H,7,9,11H2,(H,21,23);1-8H. The minimum absolute atomic E-state index is 0.0416. The third-order valence-electron chi connectivity index (χ3n) is 6.12. The summed E-state index contributed by atoms with van der Waals surface area (Å²) >= 11 is 0. The zero-order chi connectivity index (χ0) is 25.3. The number of hydrogen-bond donors (Lipinski definition) is 1. The Kier molecular flexibility index (Phi) is 8.22. The van der Waals surface area contributed by atoms with E-state index in [0.29, 0.717) is 11.1 Å². The summed E-state index contributed by atoms with van der Waals surface area (Å²) in [5.74, 6) is -0.254. The Morgan fingerprint density at radius 2 is 1.56 bits per heavy atom. The number of benzene rings is 4. The van der Waals surface area contributed by atoms with Crippen molar-refractivity contribution in [1.82, 2.24) is 5.32 Å². The molecule has 0 aromatic heterocycles. The average Bonchev–Trinajstić information content (AvgIpc) is 3.30. The monoisotopic (exact) mass is 495 g/mol. The smallest absolute Gasteiger partial charge is 0.311 e. The van der Waals surface area contributed by atoms with Gasteiger partial charge in [0, 0.05) is 0 Å². The van der Waals surface area contributed by atoms with Crippen LogP contribution in [0.3, 0.4) is 0 Å². The minimum atomic E-state index is -2.59. The van der Waals surface area contributed by atoms with Crippen molar-refractivity contribution in [2.45, 2.75) is 31.3 Å². The van der Waals surface area contributed by atoms with Crippen LogP contribution < -0.4 is 5.32 Å². The molecule has 0 fully saturated rings. The molecule has 0 saturated heterocycles. The fraction of sp³-hybridized carbons (Fsp3) is 0.172. The predicted octanol–water partition coefficient (Wildman–Crippen LogP) is 5.70. The van der Waals surface area contributed by atoms with Gasteiger partial charge in [0.2, 0.25) is 5.91 Å². The molecule has 7 heteroatoms. The number of carbonyl (C=O) groups is 1. The third kappa shape index (κ3) is 6.44. The molecule has 0 radical (unpaired) electrons. The van der Waals surface area contributed by atoms with E-state index in [4.69, 9.17) is 5.26 Å². The van der Waals surface area contributed by atoms with Crippen LogP contribution in [0.2, 0.25) is 0 Å². The van der Waals surface area contributed by atoms with Crippen LogP contribution in [0.25, 0.3) is 10.8 Å². The Morgan fingerprint density at radius 3 is 2.14 bits per heavy atom. The highest BCUT2D eigenvalue weighted by Crippen LogP contribution is 2.32. The van der Waals surface area contributed by atoms with Crippen LogP contribution in [0.1, 0.15) is 47.2 Å². The summed E-state index contributed by atoms with van der Waals surface area (Å²) < 4.78 is 25.7. The Labute approximate surface area is 211 Å². The molecule has 0 saturated carbocycles. The second kappa shape index (κ2) is 11.9. The van der Waals surface area contributed by atoms with E-state index in [1.807, 2.05) is 18.2 Å². The molecule has 180 valence electrons. The molecule has 6 nitrogen and oxygen atoms in total. The van der Waals surface area contributed by atoms with Crippen molar-refractivity contribution < 1.29 is 13.2 Å². The first-order valence-electron chi connectivity index (χ1n) is 11.6. The van der Waals surface area contributed by atoms with Crippen LogP contribution in [0.4, 0.5) is 0 Å². The summed E-state index contributed by atoms with van der Waals surface area (Å²) in [7, 11) is -2.59. The number of nitrogens with zero attached hydrogens (tertiary/aromatic N) is 2. The van der Waals surface area contributed by atoms with Gasteiger partial charge in [-0.2, -0.15) is 18.0 Å². The van der Waals surface area contributed by atoms with Gasteiger partial charge < -0.3 is 5.32 Å². The van der Waals surface area contributed by atoms with Gasteiger partial charge in [-0.3, -0.25) is 4.79 Å². The molecule has 0 bridgehead atoms. The van der Waals surface area contributed by atoms with Crippen LogP contribution in [0, 0.1) is 11.3 Å². The van der Waals surface area contributed by atoms with Crippen molar-refractivity contribution in [2.75, 3.05) is 0 Å². The molecule has 1 aliphatic rings. The van der Waals surface area contributed by atoms with Gasteiger partial charge in [0.1, 0.15) is 6.04 Å². The summed E-state index contributed by atoms with van der Waals surface area (Å²) in [4.78, 5) is 12.5. The molecule has 0 aliphatic heterocycles. The van der Waals surface area contributed by atoms with Crippen molar-refractivity contribution in [2.24, 2.45) is 4.36 Å². The Bertz CT molecular complexity index is 1470. The maximum Gasteiger partial charge on any atom is 0.311 e. The van der Waals surface area contributed by atoms with Gasteiger partial charge >= 0.3 is 10.5 Å². The molecule has 36 heavy (non-hydrogen) atoms. The number of rotatable bonds is 5. The fourth-order valence-corrected chi connectivity index (χ4v) is 4.80. The molecule has 1 aliphatic carbocycles. The largest absolute Gasteiger partial charge is 0.349 e. The highest BCUT2D eigenvalue weighted by molar-refractivity contribution is 7.61. The van der Waals surface area contributed by atoms with E-state index in [1.54, 1.807) is 30.3 Å². The van der Waals surface area contributed by atoms with Gasteiger partial charge in [-0.05, 0) is 52.4 Å². The summed E-state index contributed by atoms with van der Waals surface area (Å²) in [5, 5.41) is 14.6. The van der Waals surface area contributed by atoms with Gasteiger partial charge in [0.05, 0.1) is 24.1 Å². The number of aryl methyl sites for hydroxylation is 1. The first-order chi connectivity index (χ1) is 17.5. The highest BCUT2D eigenvalue weighted by atomic mass is 32.2. The number of nitrogens with one attached hydrogen (secondary N) is 1. The second-order valence-electron chi connectivity index (χ2n) is 8.48. The van der Waals surface area contributed by atoms with Gasteiger partial charge in [-0.1, -0.05) is 84.9 Å². The normalized spacial score (nSPS) is 14.5. The molecule has 1 N–H and O–H groups in total. The van der Waals surface area contributed by atoms with Gasteiger partial charge in [-0.15, -0.1) is 0 Å². The van der Waals surface area contributed by atoms with Crippen LogP contribution >= 0.6 is 0 Å². The molecule has 4 aromatic carbocycles. The van der Waals surface area contributed by atoms with E-state index < -0.39 is 16.5 Å². The van der Waals surface area contributed by atoms with Crippen molar-refractivity contribution in [3.8, 4) is 6.07 Å². The molecule has 2 unspecified atom stereocenters. The van der Waals surface area contributed by atoms with E-state index in [-0.39, 0.29) is 18.4 Å². The van der Waals surface area contributed by atoms with Crippen LogP contribution in [0.15, 0.2) is 101 Å². The molecule has 1 amide bonds. The molecule has 5 rings (SSSR count). The fourth-order valence-electron chi connectivity index (χ4n) is 4.39. The highest BCUT2D eigenvalue weighted by Gasteiger charge is 2.25. The number of hydrogen-bond acceptors (Lipinski definition) is 5. The minimum Gasteiger partial charge on any atom is -0.349 e. The van der Waals surface area contributed by atoms with Crippen molar-refractivity contribution in [3.63, 3.8) is 0 Å². The molecular weight excluding hydrogens is 470 g/mol. The Balaban J connectivity index is 0.000000251. The molecule has 0 spiro atoms. The first-order valence-corrected chi connectivity index (χ1v) is 12.7. The number of fused-ring (bicyclic) bond motifs is 2. The third-order valence-corrected chi connectivity index (χ3v) is 6.55. The van der Waals surface area contributed by atoms with E-state index in [9.17, 15) is 13.2 Å². The maximum absolute atomic E-state index is 12.5. The first kappa shape index (κ1) is 24.8. The van der Waals surface area contributed by atoms with Crippen LogP contribution in [-0.4, -0.2) is 14.3 Å². The lowest BCUT2D eigenvalue weighted by atomic mass is 10.0. The predicted molar refractivity (Wildman–Crippen MR) is 139 cm³/mol. The van der Waals surface area contributed by atoms with Gasteiger partial charge in [0.25, 0.3) is 0 Å². The molecule has 0 heterocycles. The lowest BCUT2D eigenvalue weighted by Gasteiger charge is -2.16. The second-order valence-corrected chi connectivity index (χ2v) is 9.13. The zero-order valence-electron chi connectivity index (χ0n) is 19.5. The molecule has 2 atom stereocenters. The summed E-state index contributed by atoms with van der Waals surface area (Å²) in [6, 6.07) is 32.3. The van der Waals surface area contributed by atoms with E-state index >= 15 is 0 Å². The van der Waals surface area contributed by atoms with Gasteiger partial charge in [0.15, 0.2) is 0 Å². The Hall–Kier alpha value is -4.28. The van der Waals surface area contributed by atoms with E-state index in [2.05, 4.69) is 64.3 Å². The quantitative estimate of drug-likeness (QED) is 0.384. The maximum atomic E-state index is 12.5. The SMILES string of the molecule is N#Cc1ccc2c(c1)CCC2NC(=O)CC(N=S(=O)=O)c1ccccc1.c1ccc2ccccc2c1. The van der Waals surface area contributed by atoms with E-state index in [0.717, 1.165) is 24.0 Å². The van der Waals surface area contributed by atoms with Crippen molar-refractivity contribution in [3.05, 3.63) is 119 Å². The Morgan fingerprint density at radius 1 is 0.944 bits per heavy atom.